The van der Waals surface area contributed by atoms with Crippen LogP contribution in [0.4, 0.5) is 13.2 Å². The Morgan fingerprint density at radius 1 is 1.53 bits per heavy atom. The van der Waals surface area contributed by atoms with Crippen LogP contribution in [0.25, 0.3) is 0 Å². The molecule has 0 aromatic rings. The molecule has 0 radical (unpaired) electrons. The quantitative estimate of drug-likeness (QED) is 0.778. The van der Waals surface area contributed by atoms with Gasteiger partial charge in [-0.1, -0.05) is 5.16 Å². The molecule has 1 saturated carbocycles. The lowest BCUT2D eigenvalue weighted by Gasteiger charge is -2.36. The van der Waals surface area contributed by atoms with Gasteiger partial charge in [0.1, 0.15) is 5.60 Å². The highest BCUT2D eigenvalue weighted by Gasteiger charge is 2.51. The first-order valence-electron chi connectivity index (χ1n) is 5.37. The van der Waals surface area contributed by atoms with E-state index >= 15 is 0 Å². The number of oxime groups is 1. The summed E-state index contributed by atoms with van der Waals surface area (Å²) in [5.41, 5.74) is -1.24. The van der Waals surface area contributed by atoms with Crippen molar-refractivity contribution in [1.82, 2.24) is 0 Å². The summed E-state index contributed by atoms with van der Waals surface area (Å²) >= 11 is 0. The average molecular weight is 251 g/mol. The topological polar surface area (TPSA) is 58.9 Å². The molecule has 0 aromatic heterocycles. The van der Waals surface area contributed by atoms with Crippen molar-refractivity contribution in [3.8, 4) is 0 Å². The molecule has 96 valence electrons. The molecule has 17 heavy (non-hydrogen) atoms. The fourth-order valence-corrected chi connectivity index (χ4v) is 2.48. The number of hydrogen-bond donors (Lipinski definition) is 1. The highest BCUT2D eigenvalue weighted by atomic mass is 19.4. The normalized spacial score (nSPS) is 33.4. The molecule has 0 aromatic carbocycles. The van der Waals surface area contributed by atoms with E-state index in [0.29, 0.717) is 12.8 Å². The maximum absolute atomic E-state index is 12.6. The smallest absolute Gasteiger partial charge is 0.391 e. The van der Waals surface area contributed by atoms with Crippen LogP contribution in [0, 0.1) is 5.92 Å². The van der Waals surface area contributed by atoms with E-state index in [1.165, 1.54) is 0 Å². The maximum atomic E-state index is 12.6. The minimum absolute atomic E-state index is 0.0328. The summed E-state index contributed by atoms with van der Waals surface area (Å²) in [5.74, 6) is -2.64. The van der Waals surface area contributed by atoms with Crippen molar-refractivity contribution in [2.75, 3.05) is 0 Å². The monoisotopic (exact) mass is 251 g/mol. The standard InChI is InChI=1S/C10H12F3NO3/c11-10(12,13)6-2-1-3-9(4-6)5-7(8(15)16)14-17-9/h6H,1-5H2,(H,15,16). The van der Waals surface area contributed by atoms with Gasteiger partial charge in [0, 0.05) is 12.8 Å². The minimum atomic E-state index is -4.25. The molecule has 2 rings (SSSR count). The summed E-state index contributed by atoms with van der Waals surface area (Å²) in [6.45, 7) is 0. The lowest BCUT2D eigenvalue weighted by atomic mass is 9.75. The van der Waals surface area contributed by atoms with Gasteiger partial charge in [-0.3, -0.25) is 0 Å². The number of hydrogen-bond acceptors (Lipinski definition) is 3. The molecule has 7 heteroatoms. The second kappa shape index (κ2) is 3.89. The third-order valence-corrected chi connectivity index (χ3v) is 3.35. The number of nitrogens with zero attached hydrogens (tertiary/aromatic N) is 1. The molecule has 0 amide bonds. The number of aliphatic carboxylic acids is 1. The lowest BCUT2D eigenvalue weighted by Crippen LogP contribution is -2.41. The van der Waals surface area contributed by atoms with Crippen molar-refractivity contribution in [1.29, 1.82) is 0 Å². The molecule has 1 heterocycles. The van der Waals surface area contributed by atoms with Crippen LogP contribution in [-0.2, 0) is 9.63 Å². The van der Waals surface area contributed by atoms with E-state index in [1.807, 2.05) is 0 Å². The zero-order chi connectivity index (χ0) is 12.7. The van der Waals surface area contributed by atoms with Gasteiger partial charge in [0.25, 0.3) is 0 Å². The van der Waals surface area contributed by atoms with Crippen molar-refractivity contribution in [2.24, 2.45) is 11.1 Å². The summed E-state index contributed by atoms with van der Waals surface area (Å²) in [6.07, 6.45) is -3.59. The second-order valence-electron chi connectivity index (χ2n) is 4.63. The van der Waals surface area contributed by atoms with Gasteiger partial charge >= 0.3 is 12.1 Å². The fourth-order valence-electron chi connectivity index (χ4n) is 2.48. The number of alkyl halides is 3. The van der Waals surface area contributed by atoms with Crippen LogP contribution in [0.2, 0.25) is 0 Å². The van der Waals surface area contributed by atoms with Crippen LogP contribution in [-0.4, -0.2) is 28.6 Å². The van der Waals surface area contributed by atoms with Crippen molar-refractivity contribution < 1.29 is 27.9 Å². The Morgan fingerprint density at radius 2 is 2.24 bits per heavy atom. The predicted octanol–water partition coefficient (Wildman–Crippen LogP) is 2.34. The van der Waals surface area contributed by atoms with E-state index < -0.39 is 23.7 Å². The fraction of sp³-hybridized carbons (Fsp3) is 0.800. The Bertz CT molecular complexity index is 366. The molecule has 1 spiro atoms. The number of rotatable bonds is 1. The average Bonchev–Trinajstić information content (AvgIpc) is 2.61. The Hall–Kier alpha value is -1.27. The number of carboxylic acid groups (broad SMARTS) is 1. The molecule has 1 aliphatic carbocycles. The zero-order valence-electron chi connectivity index (χ0n) is 8.96. The van der Waals surface area contributed by atoms with Crippen molar-refractivity contribution >= 4 is 11.7 Å². The van der Waals surface area contributed by atoms with Gasteiger partial charge < -0.3 is 9.94 Å². The molecular weight excluding hydrogens is 239 g/mol. The van der Waals surface area contributed by atoms with Gasteiger partial charge in [0.05, 0.1) is 5.92 Å². The Balaban J connectivity index is 2.07. The first-order valence-corrected chi connectivity index (χ1v) is 5.37. The first kappa shape index (κ1) is 12.2. The summed E-state index contributed by atoms with van der Waals surface area (Å²) in [5, 5.41) is 12.1. The van der Waals surface area contributed by atoms with E-state index in [-0.39, 0.29) is 25.0 Å². The van der Waals surface area contributed by atoms with E-state index in [4.69, 9.17) is 9.94 Å². The molecule has 1 N–H and O–H groups in total. The number of carboxylic acids is 1. The van der Waals surface area contributed by atoms with Crippen molar-refractivity contribution in [2.45, 2.75) is 43.9 Å². The molecule has 2 aliphatic rings. The highest BCUT2D eigenvalue weighted by molar-refractivity contribution is 6.36. The first-order chi connectivity index (χ1) is 7.82. The van der Waals surface area contributed by atoms with Gasteiger partial charge in [-0.2, -0.15) is 13.2 Å². The molecule has 4 nitrogen and oxygen atoms in total. The van der Waals surface area contributed by atoms with Crippen LogP contribution in [0.15, 0.2) is 5.16 Å². The molecule has 2 unspecified atom stereocenters. The zero-order valence-corrected chi connectivity index (χ0v) is 8.96. The molecule has 0 saturated heterocycles. The van der Waals surface area contributed by atoms with Crippen LogP contribution >= 0.6 is 0 Å². The summed E-state index contributed by atoms with van der Waals surface area (Å²) in [6, 6.07) is 0. The van der Waals surface area contributed by atoms with E-state index in [9.17, 15) is 18.0 Å². The van der Waals surface area contributed by atoms with Gasteiger partial charge in [0.15, 0.2) is 5.71 Å². The molecule has 0 bridgehead atoms. The highest BCUT2D eigenvalue weighted by Crippen LogP contribution is 2.46. The molecule has 1 aliphatic heterocycles. The van der Waals surface area contributed by atoms with E-state index in [0.717, 1.165) is 0 Å². The Kier molecular flexibility index (Phi) is 2.79. The van der Waals surface area contributed by atoms with Crippen LogP contribution < -0.4 is 0 Å². The van der Waals surface area contributed by atoms with Gasteiger partial charge in [-0.05, 0) is 19.3 Å². The van der Waals surface area contributed by atoms with E-state index in [2.05, 4.69) is 5.16 Å². The van der Waals surface area contributed by atoms with Crippen LogP contribution in [0.1, 0.15) is 32.1 Å². The van der Waals surface area contributed by atoms with Crippen molar-refractivity contribution in [3.05, 3.63) is 0 Å². The third-order valence-electron chi connectivity index (χ3n) is 3.35. The number of halogens is 3. The summed E-state index contributed by atoms with van der Waals surface area (Å²) in [7, 11) is 0. The van der Waals surface area contributed by atoms with Gasteiger partial charge in [0.2, 0.25) is 0 Å². The summed E-state index contributed by atoms with van der Waals surface area (Å²) < 4.78 is 37.9. The van der Waals surface area contributed by atoms with Gasteiger partial charge in [-0.25, -0.2) is 4.79 Å². The minimum Gasteiger partial charge on any atom is -0.477 e. The van der Waals surface area contributed by atoms with E-state index in [1.54, 1.807) is 0 Å². The van der Waals surface area contributed by atoms with Crippen molar-refractivity contribution in [3.63, 3.8) is 0 Å². The summed E-state index contributed by atoms with van der Waals surface area (Å²) in [4.78, 5) is 15.7. The van der Waals surface area contributed by atoms with Gasteiger partial charge in [-0.15, -0.1) is 0 Å². The predicted molar refractivity (Wildman–Crippen MR) is 51.5 cm³/mol. The molecule has 2 atom stereocenters. The second-order valence-corrected chi connectivity index (χ2v) is 4.63. The Labute approximate surface area is 95.4 Å². The third kappa shape index (κ3) is 2.37. The lowest BCUT2D eigenvalue weighted by molar-refractivity contribution is -0.203. The van der Waals surface area contributed by atoms with Crippen LogP contribution in [0.5, 0.6) is 0 Å². The maximum Gasteiger partial charge on any atom is 0.391 e. The number of carbonyl (C=O) groups is 1. The Morgan fingerprint density at radius 3 is 2.76 bits per heavy atom. The molecule has 1 fully saturated rings. The molecular formula is C10H12F3NO3. The SMILES string of the molecule is O=C(O)C1=NOC2(CCCC(C(F)(F)F)C2)C1. The largest absolute Gasteiger partial charge is 0.477 e. The van der Waals surface area contributed by atoms with Crippen LogP contribution in [0.3, 0.4) is 0 Å².